The van der Waals surface area contributed by atoms with E-state index >= 15 is 0 Å². The molecule has 1 atom stereocenters. The van der Waals surface area contributed by atoms with Crippen molar-refractivity contribution in [2.24, 2.45) is 7.05 Å². The molecule has 0 unspecified atom stereocenters. The Morgan fingerprint density at radius 1 is 1.42 bits per heavy atom. The SMILES string of the molecule is CNC(=O)c1ccc2c(c1)c(C[C@H]1COCCN1c1nc3c(s1)C(=O)NC(C)(C)C3)c(CC#N)n2C. The van der Waals surface area contributed by atoms with Crippen molar-refractivity contribution in [3.8, 4) is 6.07 Å². The number of thiazole rings is 1. The van der Waals surface area contributed by atoms with Gasteiger partial charge in [-0.1, -0.05) is 11.3 Å². The lowest BCUT2D eigenvalue weighted by molar-refractivity contribution is 0.0899. The summed E-state index contributed by atoms with van der Waals surface area (Å²) in [5, 5.41) is 17.1. The normalized spacial score (nSPS) is 19.0. The third-order valence-corrected chi connectivity index (χ3v) is 8.17. The summed E-state index contributed by atoms with van der Waals surface area (Å²) in [6, 6.07) is 7.94. The molecule has 0 aliphatic carbocycles. The van der Waals surface area contributed by atoms with Crippen LogP contribution < -0.4 is 15.5 Å². The second kappa shape index (κ2) is 9.22. The Labute approximate surface area is 214 Å². The zero-order valence-corrected chi connectivity index (χ0v) is 21.8. The summed E-state index contributed by atoms with van der Waals surface area (Å²) in [4.78, 5) is 32.9. The van der Waals surface area contributed by atoms with E-state index in [0.29, 0.717) is 43.0 Å². The average molecular weight is 507 g/mol. The standard InChI is InChI=1S/C26H30N6O3S/c1-26(2)13-19-22(24(34)30-26)36-25(29-19)32-9-10-35-14-16(32)12-18-17-11-15(23(33)28-3)5-6-20(17)31(4)21(18)7-8-27/h5-6,11,16H,7,9-10,12-14H2,1-4H3,(H,28,33)(H,30,34)/t16-/m0/s1. The predicted octanol–water partition coefficient (Wildman–Crippen LogP) is 2.57. The van der Waals surface area contributed by atoms with Crippen molar-refractivity contribution in [2.75, 3.05) is 31.7 Å². The van der Waals surface area contributed by atoms with Gasteiger partial charge in [-0.3, -0.25) is 9.59 Å². The summed E-state index contributed by atoms with van der Waals surface area (Å²) in [6.07, 6.45) is 1.59. The molecule has 2 aromatic heterocycles. The average Bonchev–Trinajstić information content (AvgIpc) is 3.38. The molecule has 9 nitrogen and oxygen atoms in total. The number of nitrogens with zero attached hydrogens (tertiary/aromatic N) is 4. The lowest BCUT2D eigenvalue weighted by atomic mass is 9.94. The number of anilines is 1. The minimum absolute atomic E-state index is 0.0193. The second-order valence-corrected chi connectivity index (χ2v) is 11.0. The summed E-state index contributed by atoms with van der Waals surface area (Å²) in [6.45, 7) is 5.78. The van der Waals surface area contributed by atoms with E-state index in [9.17, 15) is 14.9 Å². The zero-order valence-electron chi connectivity index (χ0n) is 21.0. The molecular weight excluding hydrogens is 476 g/mol. The van der Waals surface area contributed by atoms with Crippen molar-refractivity contribution in [2.45, 2.75) is 44.7 Å². The summed E-state index contributed by atoms with van der Waals surface area (Å²) in [7, 11) is 3.58. The first-order valence-electron chi connectivity index (χ1n) is 12.1. The summed E-state index contributed by atoms with van der Waals surface area (Å²) < 4.78 is 7.93. The first-order valence-corrected chi connectivity index (χ1v) is 12.9. The number of rotatable bonds is 5. The molecule has 0 bridgehead atoms. The molecule has 36 heavy (non-hydrogen) atoms. The lowest BCUT2D eigenvalue weighted by Crippen LogP contribution is -2.48. The summed E-state index contributed by atoms with van der Waals surface area (Å²) >= 11 is 1.43. The molecule has 2 N–H and O–H groups in total. The van der Waals surface area contributed by atoms with Gasteiger partial charge in [0, 0.05) is 54.8 Å². The van der Waals surface area contributed by atoms with Crippen LogP contribution in [0, 0.1) is 11.3 Å². The molecule has 2 aliphatic rings. The molecule has 2 amide bonds. The quantitative estimate of drug-likeness (QED) is 0.550. The summed E-state index contributed by atoms with van der Waals surface area (Å²) in [5.41, 5.74) is 4.07. The molecule has 5 rings (SSSR count). The number of carbonyl (C=O) groups is 2. The maximum absolute atomic E-state index is 12.7. The highest BCUT2D eigenvalue weighted by molar-refractivity contribution is 7.17. The van der Waals surface area contributed by atoms with E-state index < -0.39 is 0 Å². The van der Waals surface area contributed by atoms with Gasteiger partial charge in [0.05, 0.1) is 37.4 Å². The van der Waals surface area contributed by atoms with Crippen LogP contribution in [0.1, 0.15) is 50.8 Å². The first kappa shape index (κ1) is 24.3. The van der Waals surface area contributed by atoms with Crippen LogP contribution in [0.2, 0.25) is 0 Å². The molecule has 0 saturated carbocycles. The van der Waals surface area contributed by atoms with Gasteiger partial charge in [-0.2, -0.15) is 5.26 Å². The molecule has 2 aliphatic heterocycles. The number of hydrogen-bond acceptors (Lipinski definition) is 7. The highest BCUT2D eigenvalue weighted by Crippen LogP contribution is 2.35. The number of aromatic nitrogens is 2. The second-order valence-electron chi connectivity index (χ2n) is 10.0. The van der Waals surface area contributed by atoms with Crippen LogP contribution in [0.5, 0.6) is 0 Å². The molecule has 0 radical (unpaired) electrons. The molecule has 4 heterocycles. The Kier molecular flexibility index (Phi) is 6.22. The van der Waals surface area contributed by atoms with E-state index in [4.69, 9.17) is 9.72 Å². The smallest absolute Gasteiger partial charge is 0.263 e. The van der Waals surface area contributed by atoms with Crippen LogP contribution in [0.4, 0.5) is 5.13 Å². The van der Waals surface area contributed by atoms with Crippen LogP contribution in [0.3, 0.4) is 0 Å². The van der Waals surface area contributed by atoms with Crippen molar-refractivity contribution < 1.29 is 14.3 Å². The van der Waals surface area contributed by atoms with Gasteiger partial charge in [-0.15, -0.1) is 0 Å². The number of carbonyl (C=O) groups excluding carboxylic acids is 2. The van der Waals surface area contributed by atoms with E-state index in [1.807, 2.05) is 43.7 Å². The third-order valence-electron chi connectivity index (χ3n) is 7.04. The topological polar surface area (TPSA) is 112 Å². The number of nitriles is 1. The van der Waals surface area contributed by atoms with Gasteiger partial charge in [0.2, 0.25) is 0 Å². The van der Waals surface area contributed by atoms with E-state index in [1.165, 1.54) is 11.3 Å². The fraction of sp³-hybridized carbons (Fsp3) is 0.462. The molecular formula is C26H30N6O3S. The molecule has 1 aromatic carbocycles. The van der Waals surface area contributed by atoms with Gasteiger partial charge in [-0.25, -0.2) is 4.98 Å². The monoisotopic (exact) mass is 506 g/mol. The lowest BCUT2D eigenvalue weighted by Gasteiger charge is -2.35. The van der Waals surface area contributed by atoms with Gasteiger partial charge in [-0.05, 0) is 44.0 Å². The fourth-order valence-electron chi connectivity index (χ4n) is 5.28. The van der Waals surface area contributed by atoms with E-state index in [1.54, 1.807) is 7.05 Å². The van der Waals surface area contributed by atoms with E-state index in [0.717, 1.165) is 33.0 Å². The van der Waals surface area contributed by atoms with E-state index in [2.05, 4.69) is 21.6 Å². The Hall–Kier alpha value is -3.42. The summed E-state index contributed by atoms with van der Waals surface area (Å²) in [5.74, 6) is -0.215. The Morgan fingerprint density at radius 2 is 2.22 bits per heavy atom. The third kappa shape index (κ3) is 4.22. The van der Waals surface area contributed by atoms with Crippen molar-refractivity contribution in [1.29, 1.82) is 5.26 Å². The molecule has 1 fully saturated rings. The minimum Gasteiger partial charge on any atom is -0.377 e. The number of benzene rings is 1. The van der Waals surface area contributed by atoms with Crippen molar-refractivity contribution in [3.05, 3.63) is 45.6 Å². The predicted molar refractivity (Wildman–Crippen MR) is 139 cm³/mol. The fourth-order valence-corrected chi connectivity index (χ4v) is 6.36. The number of hydrogen-bond donors (Lipinski definition) is 2. The van der Waals surface area contributed by atoms with Crippen LogP contribution in [0.25, 0.3) is 10.9 Å². The van der Waals surface area contributed by atoms with Crippen LogP contribution in [-0.2, 0) is 31.0 Å². The minimum atomic E-state index is -0.322. The van der Waals surface area contributed by atoms with Gasteiger partial charge < -0.3 is 24.8 Å². The zero-order chi connectivity index (χ0) is 25.6. The van der Waals surface area contributed by atoms with Crippen molar-refractivity contribution in [3.63, 3.8) is 0 Å². The van der Waals surface area contributed by atoms with Gasteiger partial charge in [0.1, 0.15) is 4.88 Å². The maximum atomic E-state index is 12.7. The van der Waals surface area contributed by atoms with Gasteiger partial charge in [0.25, 0.3) is 11.8 Å². The largest absolute Gasteiger partial charge is 0.377 e. The van der Waals surface area contributed by atoms with E-state index in [-0.39, 0.29) is 29.8 Å². The Morgan fingerprint density at radius 3 is 2.97 bits per heavy atom. The maximum Gasteiger partial charge on any atom is 0.263 e. The van der Waals surface area contributed by atoms with Crippen LogP contribution in [0.15, 0.2) is 18.2 Å². The molecule has 3 aromatic rings. The van der Waals surface area contributed by atoms with Gasteiger partial charge in [0.15, 0.2) is 5.13 Å². The highest BCUT2D eigenvalue weighted by Gasteiger charge is 2.36. The highest BCUT2D eigenvalue weighted by atomic mass is 32.1. The number of amides is 2. The number of nitrogens with one attached hydrogen (secondary N) is 2. The van der Waals surface area contributed by atoms with Crippen molar-refractivity contribution in [1.82, 2.24) is 20.2 Å². The number of aryl methyl sites for hydroxylation is 1. The first-order chi connectivity index (χ1) is 17.2. The van der Waals surface area contributed by atoms with Crippen LogP contribution in [-0.4, -0.2) is 59.8 Å². The molecule has 188 valence electrons. The van der Waals surface area contributed by atoms with Crippen LogP contribution >= 0.6 is 11.3 Å². The number of morpholine rings is 1. The molecule has 10 heteroatoms. The number of fused-ring (bicyclic) bond motifs is 2. The Bertz CT molecular complexity index is 1400. The van der Waals surface area contributed by atoms with Gasteiger partial charge >= 0.3 is 0 Å². The molecule has 1 saturated heterocycles. The number of ether oxygens (including phenoxy) is 1. The Balaban J connectivity index is 1.54. The molecule has 0 spiro atoms. The van der Waals surface area contributed by atoms with Crippen molar-refractivity contribution >= 4 is 39.2 Å².